The third-order valence-electron chi connectivity index (χ3n) is 3.23. The number of nitrogens with zero attached hydrogens (tertiary/aromatic N) is 1. The lowest BCUT2D eigenvalue weighted by atomic mass is 10.1. The van der Waals surface area contributed by atoms with Crippen molar-refractivity contribution < 1.29 is 18.0 Å². The molecule has 0 bridgehead atoms. The van der Waals surface area contributed by atoms with E-state index in [1.807, 2.05) is 12.1 Å². The summed E-state index contributed by atoms with van der Waals surface area (Å²) in [6.07, 6.45) is -3.90. The standard InChI is InChI=1S/C14H18F3N3O/c1-2-7-20(9-14(15,16)17)13(21)12-8-18-10-5-3-4-6-11(10)19-12/h3-6,12,18-19H,2,7-9H2,1H3. The number of halogens is 3. The lowest BCUT2D eigenvalue weighted by Gasteiger charge is -2.32. The van der Waals surface area contributed by atoms with E-state index in [9.17, 15) is 18.0 Å². The maximum absolute atomic E-state index is 12.6. The maximum Gasteiger partial charge on any atom is 0.406 e. The van der Waals surface area contributed by atoms with Gasteiger partial charge in [-0.25, -0.2) is 0 Å². The molecule has 1 unspecified atom stereocenters. The molecule has 1 amide bonds. The van der Waals surface area contributed by atoms with Gasteiger partial charge in [-0.3, -0.25) is 4.79 Å². The summed E-state index contributed by atoms with van der Waals surface area (Å²) in [6, 6.07) is 6.61. The van der Waals surface area contributed by atoms with Crippen molar-refractivity contribution >= 4 is 17.3 Å². The molecule has 0 saturated carbocycles. The molecule has 1 aliphatic rings. The summed E-state index contributed by atoms with van der Waals surface area (Å²) in [5, 5.41) is 6.06. The highest BCUT2D eigenvalue weighted by Crippen LogP contribution is 2.26. The Hall–Kier alpha value is -1.92. The van der Waals surface area contributed by atoms with Crippen molar-refractivity contribution in [1.82, 2.24) is 4.90 Å². The third-order valence-corrected chi connectivity index (χ3v) is 3.23. The molecule has 1 heterocycles. The predicted octanol–water partition coefficient (Wildman–Crippen LogP) is 2.69. The largest absolute Gasteiger partial charge is 0.406 e. The Morgan fingerprint density at radius 3 is 2.62 bits per heavy atom. The molecule has 2 rings (SSSR count). The van der Waals surface area contributed by atoms with Gasteiger partial charge in [0.1, 0.15) is 12.6 Å². The summed E-state index contributed by atoms with van der Waals surface area (Å²) in [4.78, 5) is 13.2. The summed E-state index contributed by atoms with van der Waals surface area (Å²) in [6.45, 7) is 0.907. The van der Waals surface area contributed by atoms with E-state index in [1.165, 1.54) is 0 Å². The molecule has 4 nitrogen and oxygen atoms in total. The number of amides is 1. The highest BCUT2D eigenvalue weighted by molar-refractivity contribution is 5.88. The molecule has 0 saturated heterocycles. The molecular weight excluding hydrogens is 283 g/mol. The van der Waals surface area contributed by atoms with E-state index in [0.29, 0.717) is 6.42 Å². The Balaban J connectivity index is 2.08. The summed E-state index contributed by atoms with van der Waals surface area (Å²) < 4.78 is 37.7. The molecule has 0 radical (unpaired) electrons. The molecule has 21 heavy (non-hydrogen) atoms. The minimum Gasteiger partial charge on any atom is -0.381 e. The predicted molar refractivity (Wildman–Crippen MR) is 75.3 cm³/mol. The topological polar surface area (TPSA) is 44.4 Å². The average Bonchev–Trinajstić information content (AvgIpc) is 2.44. The van der Waals surface area contributed by atoms with Gasteiger partial charge in [0, 0.05) is 13.1 Å². The number of benzene rings is 1. The number of carbonyl (C=O) groups is 1. The molecule has 0 aromatic heterocycles. The number of anilines is 2. The van der Waals surface area contributed by atoms with Gasteiger partial charge in [-0.15, -0.1) is 0 Å². The van der Waals surface area contributed by atoms with Gasteiger partial charge in [-0.2, -0.15) is 13.2 Å². The first-order valence-electron chi connectivity index (χ1n) is 6.85. The van der Waals surface area contributed by atoms with E-state index in [-0.39, 0.29) is 13.1 Å². The van der Waals surface area contributed by atoms with Crippen molar-refractivity contribution in [3.8, 4) is 0 Å². The highest BCUT2D eigenvalue weighted by Gasteiger charge is 2.35. The zero-order valence-electron chi connectivity index (χ0n) is 11.7. The van der Waals surface area contributed by atoms with E-state index in [1.54, 1.807) is 19.1 Å². The number of hydrogen-bond acceptors (Lipinski definition) is 3. The average molecular weight is 301 g/mol. The first kappa shape index (κ1) is 15.5. The van der Waals surface area contributed by atoms with E-state index < -0.39 is 24.7 Å². The number of rotatable bonds is 4. The zero-order chi connectivity index (χ0) is 15.5. The fraction of sp³-hybridized carbons (Fsp3) is 0.500. The number of nitrogens with one attached hydrogen (secondary N) is 2. The zero-order valence-corrected chi connectivity index (χ0v) is 11.7. The van der Waals surface area contributed by atoms with Crippen LogP contribution in [0.3, 0.4) is 0 Å². The molecule has 0 aliphatic carbocycles. The summed E-state index contributed by atoms with van der Waals surface area (Å²) in [5.41, 5.74) is 1.57. The van der Waals surface area contributed by atoms with Crippen LogP contribution in [0.4, 0.5) is 24.5 Å². The fourth-order valence-corrected chi connectivity index (χ4v) is 2.34. The van der Waals surface area contributed by atoms with Crippen molar-refractivity contribution in [1.29, 1.82) is 0 Å². The maximum atomic E-state index is 12.6. The molecule has 2 N–H and O–H groups in total. The van der Waals surface area contributed by atoms with Gasteiger partial charge < -0.3 is 15.5 Å². The first-order valence-corrected chi connectivity index (χ1v) is 6.85. The lowest BCUT2D eigenvalue weighted by molar-refractivity contribution is -0.161. The van der Waals surface area contributed by atoms with Gasteiger partial charge in [-0.05, 0) is 18.6 Å². The minimum atomic E-state index is -4.38. The Bertz CT molecular complexity index is 504. The van der Waals surface area contributed by atoms with Crippen LogP contribution >= 0.6 is 0 Å². The molecule has 7 heteroatoms. The quantitative estimate of drug-likeness (QED) is 0.898. The SMILES string of the molecule is CCCN(CC(F)(F)F)C(=O)C1CNc2ccccc2N1. The lowest BCUT2D eigenvalue weighted by Crippen LogP contribution is -2.50. The Labute approximate surface area is 121 Å². The molecule has 116 valence electrons. The van der Waals surface area contributed by atoms with Crippen LogP contribution in [0.5, 0.6) is 0 Å². The molecule has 1 atom stereocenters. The monoisotopic (exact) mass is 301 g/mol. The van der Waals surface area contributed by atoms with Gasteiger partial charge in [0.15, 0.2) is 0 Å². The van der Waals surface area contributed by atoms with Crippen molar-refractivity contribution in [3.05, 3.63) is 24.3 Å². The van der Waals surface area contributed by atoms with Crippen LogP contribution in [-0.4, -0.2) is 42.7 Å². The van der Waals surface area contributed by atoms with Crippen molar-refractivity contribution in [2.24, 2.45) is 0 Å². The molecule has 0 fully saturated rings. The highest BCUT2D eigenvalue weighted by atomic mass is 19.4. The van der Waals surface area contributed by atoms with Crippen LogP contribution < -0.4 is 10.6 Å². The second-order valence-corrected chi connectivity index (χ2v) is 5.00. The van der Waals surface area contributed by atoms with Crippen molar-refractivity contribution in [2.45, 2.75) is 25.6 Å². The molecular formula is C14H18F3N3O. The van der Waals surface area contributed by atoms with E-state index in [4.69, 9.17) is 0 Å². The van der Waals surface area contributed by atoms with Crippen LogP contribution in [0, 0.1) is 0 Å². The normalized spacial score (nSPS) is 17.4. The Kier molecular flexibility index (Phi) is 4.59. The van der Waals surface area contributed by atoms with Crippen LogP contribution in [0.2, 0.25) is 0 Å². The number of para-hydroxylation sites is 2. The van der Waals surface area contributed by atoms with Gasteiger partial charge >= 0.3 is 6.18 Å². The van der Waals surface area contributed by atoms with Crippen LogP contribution in [0.1, 0.15) is 13.3 Å². The summed E-state index contributed by atoms with van der Waals surface area (Å²) >= 11 is 0. The number of hydrogen-bond donors (Lipinski definition) is 2. The van der Waals surface area contributed by atoms with E-state index >= 15 is 0 Å². The Morgan fingerprint density at radius 1 is 1.33 bits per heavy atom. The van der Waals surface area contributed by atoms with Crippen LogP contribution in [0.25, 0.3) is 0 Å². The third kappa shape index (κ3) is 4.03. The minimum absolute atomic E-state index is 0.0954. The molecule has 1 aromatic carbocycles. The summed E-state index contributed by atoms with van der Waals surface area (Å²) in [5.74, 6) is -0.531. The van der Waals surface area contributed by atoms with Crippen molar-refractivity contribution in [2.75, 3.05) is 30.3 Å². The smallest absolute Gasteiger partial charge is 0.381 e. The molecule has 1 aliphatic heterocycles. The van der Waals surface area contributed by atoms with Gasteiger partial charge in [0.2, 0.25) is 5.91 Å². The van der Waals surface area contributed by atoms with Gasteiger partial charge in [0.05, 0.1) is 11.4 Å². The number of alkyl halides is 3. The fourth-order valence-electron chi connectivity index (χ4n) is 2.34. The summed E-state index contributed by atoms with van der Waals surface area (Å²) in [7, 11) is 0. The first-order chi connectivity index (χ1) is 9.90. The second-order valence-electron chi connectivity index (χ2n) is 5.00. The van der Waals surface area contributed by atoms with Crippen LogP contribution in [0.15, 0.2) is 24.3 Å². The van der Waals surface area contributed by atoms with Gasteiger partial charge in [-0.1, -0.05) is 19.1 Å². The van der Waals surface area contributed by atoms with Crippen molar-refractivity contribution in [3.63, 3.8) is 0 Å². The van der Waals surface area contributed by atoms with E-state index in [0.717, 1.165) is 16.3 Å². The number of fused-ring (bicyclic) bond motifs is 1. The van der Waals surface area contributed by atoms with E-state index in [2.05, 4.69) is 10.6 Å². The Morgan fingerprint density at radius 2 is 2.00 bits per heavy atom. The van der Waals surface area contributed by atoms with Crippen LogP contribution in [-0.2, 0) is 4.79 Å². The molecule has 1 aromatic rings. The second kappa shape index (κ2) is 6.24. The van der Waals surface area contributed by atoms with Gasteiger partial charge in [0.25, 0.3) is 0 Å². The molecule has 0 spiro atoms. The number of carbonyl (C=O) groups excluding carboxylic acids is 1.